The second kappa shape index (κ2) is 5.39. The first-order valence-electron chi connectivity index (χ1n) is 7.15. The highest BCUT2D eigenvalue weighted by atomic mass is 16.4. The molecular formula is C14H24N2O3. The maximum atomic E-state index is 12.1. The van der Waals surface area contributed by atoms with Gasteiger partial charge in [-0.2, -0.15) is 0 Å². The maximum absolute atomic E-state index is 12.1. The van der Waals surface area contributed by atoms with E-state index in [1.165, 1.54) is 19.3 Å². The van der Waals surface area contributed by atoms with Crippen LogP contribution in [0.1, 0.15) is 39.5 Å². The molecule has 2 fully saturated rings. The van der Waals surface area contributed by atoms with Crippen molar-refractivity contribution in [3.05, 3.63) is 0 Å². The SMILES string of the molecule is CC1CC(C(=O)O)CN(C(=O)NCC2(C)CCC2)C1. The zero-order valence-corrected chi connectivity index (χ0v) is 11.8. The first kappa shape index (κ1) is 14.2. The van der Waals surface area contributed by atoms with Gasteiger partial charge in [0.05, 0.1) is 5.92 Å². The molecule has 0 aromatic heterocycles. The van der Waals surface area contributed by atoms with Crippen molar-refractivity contribution in [1.29, 1.82) is 0 Å². The first-order valence-corrected chi connectivity index (χ1v) is 7.15. The van der Waals surface area contributed by atoms with Crippen molar-refractivity contribution in [2.75, 3.05) is 19.6 Å². The van der Waals surface area contributed by atoms with Crippen molar-refractivity contribution in [3.63, 3.8) is 0 Å². The van der Waals surface area contributed by atoms with E-state index in [-0.39, 0.29) is 17.4 Å². The normalized spacial score (nSPS) is 29.5. The predicted molar refractivity (Wildman–Crippen MR) is 71.8 cm³/mol. The van der Waals surface area contributed by atoms with Gasteiger partial charge in [0.15, 0.2) is 0 Å². The molecule has 0 aromatic carbocycles. The van der Waals surface area contributed by atoms with E-state index < -0.39 is 11.9 Å². The van der Waals surface area contributed by atoms with E-state index in [0.717, 1.165) is 0 Å². The molecule has 1 heterocycles. The topological polar surface area (TPSA) is 69.6 Å². The molecule has 2 atom stereocenters. The zero-order valence-electron chi connectivity index (χ0n) is 11.8. The molecule has 0 spiro atoms. The van der Waals surface area contributed by atoms with Crippen LogP contribution in [0.25, 0.3) is 0 Å². The number of amides is 2. The molecule has 1 saturated heterocycles. The Labute approximate surface area is 114 Å². The maximum Gasteiger partial charge on any atom is 0.317 e. The van der Waals surface area contributed by atoms with Crippen molar-refractivity contribution in [3.8, 4) is 0 Å². The van der Waals surface area contributed by atoms with Gasteiger partial charge >= 0.3 is 12.0 Å². The van der Waals surface area contributed by atoms with E-state index in [1.807, 2.05) is 6.92 Å². The summed E-state index contributed by atoms with van der Waals surface area (Å²) >= 11 is 0. The van der Waals surface area contributed by atoms with Gasteiger partial charge in [0.2, 0.25) is 0 Å². The van der Waals surface area contributed by atoms with E-state index in [4.69, 9.17) is 5.11 Å². The minimum absolute atomic E-state index is 0.106. The van der Waals surface area contributed by atoms with Crippen molar-refractivity contribution >= 4 is 12.0 Å². The van der Waals surface area contributed by atoms with E-state index in [2.05, 4.69) is 12.2 Å². The van der Waals surface area contributed by atoms with Gasteiger partial charge in [-0.15, -0.1) is 0 Å². The predicted octanol–water partition coefficient (Wildman–Crippen LogP) is 1.93. The molecule has 0 radical (unpaired) electrons. The van der Waals surface area contributed by atoms with Crippen LogP contribution in [0.15, 0.2) is 0 Å². The van der Waals surface area contributed by atoms with Crippen LogP contribution in [0.5, 0.6) is 0 Å². The number of likely N-dealkylation sites (tertiary alicyclic amines) is 1. The van der Waals surface area contributed by atoms with Gasteiger partial charge in [0.1, 0.15) is 0 Å². The highest BCUT2D eigenvalue weighted by molar-refractivity contribution is 5.76. The average molecular weight is 268 g/mol. The second-order valence-electron chi connectivity index (χ2n) is 6.60. The Morgan fingerprint density at radius 1 is 1.37 bits per heavy atom. The summed E-state index contributed by atoms with van der Waals surface area (Å²) in [4.78, 5) is 24.9. The van der Waals surface area contributed by atoms with Crippen LogP contribution in [0.2, 0.25) is 0 Å². The second-order valence-corrected chi connectivity index (χ2v) is 6.60. The molecule has 2 unspecified atom stereocenters. The summed E-state index contributed by atoms with van der Waals surface area (Å²) in [6.45, 7) is 5.89. The van der Waals surface area contributed by atoms with Gasteiger partial charge in [-0.25, -0.2) is 4.79 Å². The number of carbonyl (C=O) groups excluding carboxylic acids is 1. The number of carboxylic acid groups (broad SMARTS) is 1. The number of aliphatic carboxylic acids is 1. The average Bonchev–Trinajstić information content (AvgIpc) is 2.32. The highest BCUT2D eigenvalue weighted by Crippen LogP contribution is 2.39. The molecule has 108 valence electrons. The van der Waals surface area contributed by atoms with Crippen LogP contribution >= 0.6 is 0 Å². The van der Waals surface area contributed by atoms with Crippen LogP contribution in [0.4, 0.5) is 4.79 Å². The fraction of sp³-hybridized carbons (Fsp3) is 0.857. The van der Waals surface area contributed by atoms with Crippen molar-refractivity contribution in [2.45, 2.75) is 39.5 Å². The third kappa shape index (κ3) is 3.39. The molecule has 1 aliphatic heterocycles. The lowest BCUT2D eigenvalue weighted by atomic mass is 9.70. The van der Waals surface area contributed by atoms with Crippen molar-refractivity contribution < 1.29 is 14.7 Å². The third-order valence-electron chi connectivity index (χ3n) is 4.52. The number of piperidine rings is 1. The van der Waals surface area contributed by atoms with Gasteiger partial charge < -0.3 is 15.3 Å². The molecule has 0 aromatic rings. The Bertz CT molecular complexity index is 366. The third-order valence-corrected chi connectivity index (χ3v) is 4.52. The molecule has 1 saturated carbocycles. The molecular weight excluding hydrogens is 244 g/mol. The largest absolute Gasteiger partial charge is 0.481 e. The monoisotopic (exact) mass is 268 g/mol. The fourth-order valence-electron chi connectivity index (χ4n) is 3.05. The first-order chi connectivity index (χ1) is 8.89. The molecule has 19 heavy (non-hydrogen) atoms. The number of urea groups is 1. The van der Waals surface area contributed by atoms with Crippen molar-refractivity contribution in [1.82, 2.24) is 10.2 Å². The lowest BCUT2D eigenvalue weighted by Gasteiger charge is -2.40. The van der Waals surface area contributed by atoms with Gasteiger partial charge in [-0.3, -0.25) is 4.79 Å². The lowest BCUT2D eigenvalue weighted by molar-refractivity contribution is -0.143. The Hall–Kier alpha value is -1.26. The Balaban J connectivity index is 1.85. The van der Waals surface area contributed by atoms with Crippen LogP contribution in [0, 0.1) is 17.3 Å². The van der Waals surface area contributed by atoms with Gasteiger partial charge in [0, 0.05) is 19.6 Å². The summed E-state index contributed by atoms with van der Waals surface area (Å²) in [5.41, 5.74) is 0.253. The Morgan fingerprint density at radius 3 is 2.58 bits per heavy atom. The molecule has 5 nitrogen and oxygen atoms in total. The Kier molecular flexibility index (Phi) is 4.02. The van der Waals surface area contributed by atoms with Crippen LogP contribution < -0.4 is 5.32 Å². The highest BCUT2D eigenvalue weighted by Gasteiger charge is 2.35. The number of hydrogen-bond acceptors (Lipinski definition) is 2. The molecule has 2 rings (SSSR count). The van der Waals surface area contributed by atoms with E-state index in [1.54, 1.807) is 4.90 Å². The molecule has 2 N–H and O–H groups in total. The molecule has 1 aliphatic carbocycles. The summed E-state index contributed by atoms with van der Waals surface area (Å²) < 4.78 is 0. The van der Waals surface area contributed by atoms with Crippen LogP contribution in [-0.2, 0) is 4.79 Å². The number of rotatable bonds is 3. The molecule has 0 bridgehead atoms. The minimum Gasteiger partial charge on any atom is -0.481 e. The fourth-order valence-corrected chi connectivity index (χ4v) is 3.05. The smallest absolute Gasteiger partial charge is 0.317 e. The summed E-state index contributed by atoms with van der Waals surface area (Å²) in [6.07, 6.45) is 4.24. The number of nitrogens with zero attached hydrogens (tertiary/aromatic N) is 1. The van der Waals surface area contributed by atoms with E-state index >= 15 is 0 Å². The standard InChI is InChI=1S/C14H24N2O3/c1-10-6-11(12(17)18)8-16(7-10)13(19)15-9-14(2)4-3-5-14/h10-11H,3-9H2,1-2H3,(H,15,19)(H,17,18). The quantitative estimate of drug-likeness (QED) is 0.821. The Morgan fingerprint density at radius 2 is 2.05 bits per heavy atom. The summed E-state index contributed by atoms with van der Waals surface area (Å²) in [5, 5.41) is 12.1. The number of nitrogens with one attached hydrogen (secondary N) is 1. The zero-order chi connectivity index (χ0) is 14.0. The van der Waals surface area contributed by atoms with Crippen LogP contribution in [-0.4, -0.2) is 41.6 Å². The van der Waals surface area contributed by atoms with Crippen LogP contribution in [0.3, 0.4) is 0 Å². The number of hydrogen-bond donors (Lipinski definition) is 2. The summed E-state index contributed by atoms with van der Waals surface area (Å²) in [6, 6.07) is -0.106. The van der Waals surface area contributed by atoms with Gasteiger partial charge in [-0.05, 0) is 30.6 Å². The van der Waals surface area contributed by atoms with E-state index in [9.17, 15) is 9.59 Å². The van der Waals surface area contributed by atoms with Gasteiger partial charge in [-0.1, -0.05) is 20.3 Å². The molecule has 5 heteroatoms. The minimum atomic E-state index is -0.796. The van der Waals surface area contributed by atoms with Crippen molar-refractivity contribution in [2.24, 2.45) is 17.3 Å². The summed E-state index contributed by atoms with van der Waals surface area (Å²) in [7, 11) is 0. The number of carbonyl (C=O) groups is 2. The lowest BCUT2D eigenvalue weighted by Crippen LogP contribution is -2.51. The van der Waals surface area contributed by atoms with E-state index in [0.29, 0.717) is 26.1 Å². The molecule has 2 aliphatic rings. The molecule has 2 amide bonds. The van der Waals surface area contributed by atoms with Gasteiger partial charge in [0.25, 0.3) is 0 Å². The number of carboxylic acids is 1. The summed E-state index contributed by atoms with van der Waals surface area (Å²) in [5.74, 6) is -0.969.